The second kappa shape index (κ2) is 11.2. The highest BCUT2D eigenvalue weighted by Gasteiger charge is 2.15. The minimum absolute atomic E-state index is 0.266. The van der Waals surface area contributed by atoms with Gasteiger partial charge in [-0.3, -0.25) is 14.6 Å². The molecule has 0 unspecified atom stereocenters. The van der Waals surface area contributed by atoms with Crippen LogP contribution in [0.1, 0.15) is 26.4 Å². The molecule has 0 bridgehead atoms. The van der Waals surface area contributed by atoms with Crippen molar-refractivity contribution in [3.63, 3.8) is 0 Å². The van der Waals surface area contributed by atoms with Crippen molar-refractivity contribution in [2.24, 2.45) is 0 Å². The van der Waals surface area contributed by atoms with E-state index in [9.17, 15) is 9.59 Å². The van der Waals surface area contributed by atoms with Crippen molar-refractivity contribution in [2.45, 2.75) is 6.42 Å². The maximum Gasteiger partial charge on any atom is 0.269 e. The molecule has 3 aromatic rings. The predicted octanol–water partition coefficient (Wildman–Crippen LogP) is 3.88. The molecule has 0 radical (unpaired) electrons. The van der Waals surface area contributed by atoms with Crippen LogP contribution in [0.2, 0.25) is 5.02 Å². The first-order valence-electron chi connectivity index (χ1n) is 10.1. The van der Waals surface area contributed by atoms with E-state index in [2.05, 4.69) is 15.6 Å². The number of ether oxygens (including phenoxy) is 3. The molecule has 0 aliphatic heterocycles. The van der Waals surface area contributed by atoms with Crippen LogP contribution in [0.25, 0.3) is 0 Å². The molecule has 33 heavy (non-hydrogen) atoms. The summed E-state index contributed by atoms with van der Waals surface area (Å²) in [4.78, 5) is 28.4. The summed E-state index contributed by atoms with van der Waals surface area (Å²) in [5.41, 5.74) is 1.53. The Morgan fingerprint density at radius 2 is 1.70 bits per heavy atom. The summed E-state index contributed by atoms with van der Waals surface area (Å²) in [5, 5.41) is 5.66. The van der Waals surface area contributed by atoms with Crippen LogP contribution in [0.4, 0.5) is 0 Å². The molecular weight excluding hydrogens is 446 g/mol. The van der Waals surface area contributed by atoms with Crippen LogP contribution in [0, 0.1) is 0 Å². The van der Waals surface area contributed by atoms with Crippen LogP contribution in [0.5, 0.6) is 23.0 Å². The van der Waals surface area contributed by atoms with E-state index in [-0.39, 0.29) is 22.5 Å². The first-order valence-corrected chi connectivity index (χ1v) is 10.5. The van der Waals surface area contributed by atoms with Gasteiger partial charge >= 0.3 is 0 Å². The Morgan fingerprint density at radius 3 is 2.42 bits per heavy atom. The number of amides is 2. The molecule has 172 valence electrons. The van der Waals surface area contributed by atoms with Gasteiger partial charge in [-0.25, -0.2) is 0 Å². The van der Waals surface area contributed by atoms with Crippen LogP contribution >= 0.6 is 11.6 Å². The summed E-state index contributed by atoms with van der Waals surface area (Å²) >= 11 is 6.22. The molecular formula is C24H24ClN3O5. The van der Waals surface area contributed by atoms with E-state index < -0.39 is 0 Å². The molecule has 0 saturated carbocycles. The largest absolute Gasteiger partial charge is 0.493 e. The quantitative estimate of drug-likeness (QED) is 0.493. The summed E-state index contributed by atoms with van der Waals surface area (Å²) in [6, 6.07) is 13.8. The average molecular weight is 470 g/mol. The minimum atomic E-state index is -0.313. The molecule has 8 nitrogen and oxygen atoms in total. The van der Waals surface area contributed by atoms with E-state index in [1.165, 1.54) is 20.4 Å². The highest BCUT2D eigenvalue weighted by molar-refractivity contribution is 6.34. The Labute approximate surface area is 196 Å². The highest BCUT2D eigenvalue weighted by Crippen LogP contribution is 2.33. The van der Waals surface area contributed by atoms with Crippen molar-refractivity contribution in [3.8, 4) is 23.0 Å². The van der Waals surface area contributed by atoms with Gasteiger partial charge in [0, 0.05) is 31.9 Å². The van der Waals surface area contributed by atoms with Crippen LogP contribution in [-0.2, 0) is 6.42 Å². The number of carbonyl (C=O) groups excluding carboxylic acids is 2. The zero-order valence-electron chi connectivity index (χ0n) is 18.5. The molecule has 0 saturated heterocycles. The molecule has 0 fully saturated rings. The zero-order chi connectivity index (χ0) is 23.8. The Bertz CT molecular complexity index is 1150. The summed E-state index contributed by atoms with van der Waals surface area (Å²) < 4.78 is 16.3. The van der Waals surface area contributed by atoms with Gasteiger partial charge in [-0.05, 0) is 36.2 Å². The molecule has 3 rings (SSSR count). The van der Waals surface area contributed by atoms with Crippen molar-refractivity contribution in [1.82, 2.24) is 15.6 Å². The van der Waals surface area contributed by atoms with E-state index in [4.69, 9.17) is 25.8 Å². The predicted molar refractivity (Wildman–Crippen MR) is 125 cm³/mol. The van der Waals surface area contributed by atoms with Gasteiger partial charge in [-0.15, -0.1) is 0 Å². The molecule has 2 amide bonds. The standard InChI is InChI=1S/C24H24ClN3O5/c1-26-24(30)20-12-17(8-10-27-20)33-16-6-4-5-15(11-16)7-9-28-23(29)18-13-21(31-2)22(32-3)14-19(18)25/h4-6,8,10-14H,7,9H2,1-3H3,(H,26,30)(H,28,29). The molecule has 1 heterocycles. The molecule has 2 N–H and O–H groups in total. The lowest BCUT2D eigenvalue weighted by Gasteiger charge is -2.12. The third-order valence-electron chi connectivity index (χ3n) is 4.74. The minimum Gasteiger partial charge on any atom is -0.493 e. The normalized spacial score (nSPS) is 10.3. The van der Waals surface area contributed by atoms with Crippen molar-refractivity contribution in [2.75, 3.05) is 27.8 Å². The number of aromatic nitrogens is 1. The summed E-state index contributed by atoms with van der Waals surface area (Å²) in [6.45, 7) is 0.392. The lowest BCUT2D eigenvalue weighted by atomic mass is 10.1. The summed E-state index contributed by atoms with van der Waals surface area (Å²) in [7, 11) is 4.54. The van der Waals surface area contributed by atoms with Crippen molar-refractivity contribution >= 4 is 23.4 Å². The third kappa shape index (κ3) is 6.14. The van der Waals surface area contributed by atoms with Crippen LogP contribution in [0.15, 0.2) is 54.7 Å². The van der Waals surface area contributed by atoms with Gasteiger partial charge in [0.05, 0.1) is 24.8 Å². The van der Waals surface area contributed by atoms with Gasteiger partial charge in [-0.1, -0.05) is 23.7 Å². The number of methoxy groups -OCH3 is 2. The van der Waals surface area contributed by atoms with Crippen LogP contribution in [-0.4, -0.2) is 44.6 Å². The second-order valence-corrected chi connectivity index (χ2v) is 7.31. The fourth-order valence-corrected chi connectivity index (χ4v) is 3.31. The van der Waals surface area contributed by atoms with Gasteiger partial charge in [0.1, 0.15) is 17.2 Å². The maximum atomic E-state index is 12.6. The number of hydrogen-bond donors (Lipinski definition) is 2. The molecule has 0 aliphatic rings. The molecule has 2 aromatic carbocycles. The maximum absolute atomic E-state index is 12.6. The first-order chi connectivity index (χ1) is 15.9. The Hall–Kier alpha value is -3.78. The monoisotopic (exact) mass is 469 g/mol. The smallest absolute Gasteiger partial charge is 0.269 e. The third-order valence-corrected chi connectivity index (χ3v) is 5.06. The number of halogens is 1. The molecule has 0 atom stereocenters. The van der Waals surface area contributed by atoms with E-state index in [0.29, 0.717) is 41.5 Å². The van der Waals surface area contributed by atoms with Gasteiger partial charge in [0.2, 0.25) is 0 Å². The van der Waals surface area contributed by atoms with Crippen LogP contribution in [0.3, 0.4) is 0 Å². The first kappa shape index (κ1) is 23.9. The fourth-order valence-electron chi connectivity index (χ4n) is 3.07. The zero-order valence-corrected chi connectivity index (χ0v) is 19.2. The van der Waals surface area contributed by atoms with E-state index in [1.807, 2.05) is 24.3 Å². The average Bonchev–Trinajstić information content (AvgIpc) is 2.83. The Kier molecular flexibility index (Phi) is 8.10. The molecule has 1 aromatic heterocycles. The lowest BCUT2D eigenvalue weighted by molar-refractivity contribution is 0.0947. The fraction of sp³-hybridized carbons (Fsp3) is 0.208. The SMILES string of the molecule is CNC(=O)c1cc(Oc2cccc(CCNC(=O)c3cc(OC)c(OC)cc3Cl)c2)ccn1. The summed E-state index contributed by atoms with van der Waals surface area (Å²) in [6.07, 6.45) is 2.09. The van der Waals surface area contributed by atoms with Crippen LogP contribution < -0.4 is 24.8 Å². The number of benzene rings is 2. The highest BCUT2D eigenvalue weighted by atomic mass is 35.5. The molecule has 9 heteroatoms. The number of pyridine rings is 1. The van der Waals surface area contributed by atoms with E-state index >= 15 is 0 Å². The second-order valence-electron chi connectivity index (χ2n) is 6.90. The Balaban J connectivity index is 1.62. The van der Waals surface area contributed by atoms with Crippen molar-refractivity contribution in [1.29, 1.82) is 0 Å². The van der Waals surface area contributed by atoms with Crippen molar-refractivity contribution < 1.29 is 23.8 Å². The molecule has 0 spiro atoms. The Morgan fingerprint density at radius 1 is 0.970 bits per heavy atom. The van der Waals surface area contributed by atoms with Gasteiger partial charge in [-0.2, -0.15) is 0 Å². The summed E-state index contributed by atoms with van der Waals surface area (Å²) in [5.74, 6) is 1.37. The van der Waals surface area contributed by atoms with E-state index in [1.54, 1.807) is 31.3 Å². The van der Waals surface area contributed by atoms with Gasteiger partial charge in [0.25, 0.3) is 11.8 Å². The number of rotatable bonds is 9. The number of carbonyl (C=O) groups is 2. The number of nitrogens with zero attached hydrogens (tertiary/aromatic N) is 1. The van der Waals surface area contributed by atoms with Gasteiger partial charge in [0.15, 0.2) is 11.5 Å². The molecule has 0 aliphatic carbocycles. The lowest BCUT2D eigenvalue weighted by Crippen LogP contribution is -2.26. The number of nitrogens with one attached hydrogen (secondary N) is 2. The number of hydrogen-bond acceptors (Lipinski definition) is 6. The van der Waals surface area contributed by atoms with Gasteiger partial charge < -0.3 is 24.8 Å². The van der Waals surface area contributed by atoms with E-state index in [0.717, 1.165) is 5.56 Å². The van der Waals surface area contributed by atoms with Crippen molar-refractivity contribution in [3.05, 3.63) is 76.6 Å². The topological polar surface area (TPSA) is 98.8 Å².